The summed E-state index contributed by atoms with van der Waals surface area (Å²) in [6.45, 7) is 21.9. The molecule has 1 radical (unpaired) electrons. The van der Waals surface area contributed by atoms with Crippen molar-refractivity contribution in [2.24, 2.45) is 11.8 Å². The van der Waals surface area contributed by atoms with Gasteiger partial charge in [0.05, 0.1) is 5.76 Å². The van der Waals surface area contributed by atoms with Gasteiger partial charge in [0.2, 0.25) is 0 Å². The molecule has 0 bridgehead atoms. The topological polar surface area (TPSA) is 63.3 Å². The number of carbonyl (C=O) groups is 1. The summed E-state index contributed by atoms with van der Waals surface area (Å²) in [5.74, 6) is 0.954. The van der Waals surface area contributed by atoms with Gasteiger partial charge in [-0.25, -0.2) is 0 Å². The third kappa shape index (κ3) is 7.45. The SMILES string of the molecule is CC(C)c1cc(-c2nccc3c2oc2c4c(ccc23)C(C)(C)CC4(C)C)[c-]c2ccccc12.CCC(CC)C(=O)/C=C(\O)C(CC)CC.[Ir]. The second-order valence-corrected chi connectivity index (χ2v) is 15.3. The number of benzene rings is 3. The number of carbonyl (C=O) groups excluding carboxylic acids is 1. The minimum atomic E-state index is 0. The molecule has 6 rings (SSSR count). The van der Waals surface area contributed by atoms with E-state index in [0.29, 0.717) is 5.92 Å². The summed E-state index contributed by atoms with van der Waals surface area (Å²) in [5, 5.41) is 14.5. The molecule has 1 aliphatic carbocycles. The zero-order valence-electron chi connectivity index (χ0n) is 31.1. The van der Waals surface area contributed by atoms with Crippen LogP contribution in [-0.4, -0.2) is 15.9 Å². The minimum Gasteiger partial charge on any atom is -0.512 e. The predicted octanol–water partition coefficient (Wildman–Crippen LogP) is 12.6. The summed E-state index contributed by atoms with van der Waals surface area (Å²) < 4.78 is 6.74. The van der Waals surface area contributed by atoms with E-state index in [2.05, 4.69) is 96.1 Å². The van der Waals surface area contributed by atoms with Crippen molar-refractivity contribution in [3.63, 3.8) is 0 Å². The van der Waals surface area contributed by atoms with Crippen LogP contribution in [0.2, 0.25) is 0 Å². The first-order valence-corrected chi connectivity index (χ1v) is 18.0. The maximum atomic E-state index is 11.7. The van der Waals surface area contributed by atoms with Crippen LogP contribution in [0.25, 0.3) is 44.0 Å². The third-order valence-electron chi connectivity index (χ3n) is 10.6. The van der Waals surface area contributed by atoms with Crippen LogP contribution in [0.1, 0.15) is 124 Å². The van der Waals surface area contributed by atoms with Gasteiger partial charge in [0.1, 0.15) is 11.2 Å². The molecule has 49 heavy (non-hydrogen) atoms. The molecule has 4 nitrogen and oxygen atoms in total. The predicted molar refractivity (Wildman–Crippen MR) is 202 cm³/mol. The Labute approximate surface area is 307 Å². The molecular formula is C44H54IrNO3-. The number of aliphatic hydroxyl groups is 1. The Morgan fingerprint density at radius 3 is 2.14 bits per heavy atom. The smallest absolute Gasteiger partial charge is 0.162 e. The van der Waals surface area contributed by atoms with E-state index in [4.69, 9.17) is 9.40 Å². The Kier molecular flexibility index (Phi) is 12.0. The Hall–Kier alpha value is -3.27. The van der Waals surface area contributed by atoms with Gasteiger partial charge >= 0.3 is 0 Å². The second kappa shape index (κ2) is 15.3. The molecule has 2 heterocycles. The maximum Gasteiger partial charge on any atom is 0.162 e. The average molecular weight is 837 g/mol. The Morgan fingerprint density at radius 2 is 1.51 bits per heavy atom. The quantitative estimate of drug-likeness (QED) is 0.0912. The number of aliphatic hydroxyl groups excluding tert-OH is 1. The molecule has 0 atom stereocenters. The Balaban J connectivity index is 0.000000290. The van der Waals surface area contributed by atoms with Gasteiger partial charge in [-0.05, 0) is 60.5 Å². The number of allylic oxidation sites excluding steroid dienone is 2. The molecule has 5 heteroatoms. The minimum absolute atomic E-state index is 0. The van der Waals surface area contributed by atoms with Gasteiger partial charge in [0.15, 0.2) is 5.78 Å². The van der Waals surface area contributed by atoms with E-state index < -0.39 is 0 Å². The van der Waals surface area contributed by atoms with Crippen LogP contribution in [0.5, 0.6) is 0 Å². The standard InChI is InChI=1S/C31H30NO.C13H24O2.Ir/c1-18(2)24-16-20(15-19-9-7-8-10-21(19)24)27-29-23(13-14-32-27)22-11-12-25-26(28(22)33-29)31(5,6)17-30(25,3)4;1-5-10(6-2)12(14)9-13(15)11(7-3)8-4;/h7-14,16,18H,17H2,1-6H3;9-11,14H,5-8H2,1-4H3;/q-1;;/b;12-9-;. The van der Waals surface area contributed by atoms with Crippen molar-refractivity contribution in [1.29, 1.82) is 0 Å². The van der Waals surface area contributed by atoms with Gasteiger partial charge in [-0.2, -0.15) is 0 Å². The van der Waals surface area contributed by atoms with Crippen LogP contribution in [0, 0.1) is 17.9 Å². The summed E-state index contributed by atoms with van der Waals surface area (Å²) in [6, 6.07) is 21.0. The average Bonchev–Trinajstić information content (AvgIpc) is 3.52. The van der Waals surface area contributed by atoms with Crippen LogP contribution in [0.3, 0.4) is 0 Å². The monoisotopic (exact) mass is 837 g/mol. The number of furan rings is 1. The number of pyridine rings is 1. The molecular weight excluding hydrogens is 783 g/mol. The van der Waals surface area contributed by atoms with Crippen molar-refractivity contribution < 1.29 is 34.4 Å². The van der Waals surface area contributed by atoms with Gasteiger partial charge in [-0.3, -0.25) is 9.78 Å². The molecule has 263 valence electrons. The molecule has 0 saturated carbocycles. The molecule has 0 amide bonds. The van der Waals surface area contributed by atoms with Crippen LogP contribution < -0.4 is 0 Å². The number of hydrogen-bond acceptors (Lipinski definition) is 4. The third-order valence-corrected chi connectivity index (χ3v) is 10.6. The number of ketones is 1. The molecule has 0 unspecified atom stereocenters. The van der Waals surface area contributed by atoms with E-state index in [1.165, 1.54) is 33.5 Å². The van der Waals surface area contributed by atoms with Gasteiger partial charge in [-0.15, -0.1) is 29.1 Å². The van der Waals surface area contributed by atoms with Crippen LogP contribution in [-0.2, 0) is 35.7 Å². The van der Waals surface area contributed by atoms with Crippen molar-refractivity contribution in [2.75, 3.05) is 0 Å². The molecule has 1 aliphatic rings. The molecule has 0 spiro atoms. The van der Waals surface area contributed by atoms with Crippen LogP contribution in [0.4, 0.5) is 0 Å². The van der Waals surface area contributed by atoms with Crippen molar-refractivity contribution in [1.82, 2.24) is 4.98 Å². The Bertz CT molecular complexity index is 1970. The zero-order valence-corrected chi connectivity index (χ0v) is 33.5. The van der Waals surface area contributed by atoms with Crippen LogP contribution in [0.15, 0.2) is 71.0 Å². The van der Waals surface area contributed by atoms with Crippen molar-refractivity contribution in [3.05, 3.63) is 89.3 Å². The summed E-state index contributed by atoms with van der Waals surface area (Å²) in [6.07, 6.45) is 7.93. The summed E-state index contributed by atoms with van der Waals surface area (Å²) in [4.78, 5) is 16.5. The zero-order chi connectivity index (χ0) is 35.0. The van der Waals surface area contributed by atoms with Crippen LogP contribution >= 0.6 is 0 Å². The fourth-order valence-corrected chi connectivity index (χ4v) is 8.13. The number of nitrogens with zero attached hydrogens (tertiary/aromatic N) is 1. The second-order valence-electron chi connectivity index (χ2n) is 15.3. The van der Waals surface area contributed by atoms with E-state index in [1.54, 1.807) is 0 Å². The van der Waals surface area contributed by atoms with E-state index in [-0.39, 0.29) is 54.3 Å². The number of fused-ring (bicyclic) bond motifs is 6. The largest absolute Gasteiger partial charge is 0.512 e. The first-order chi connectivity index (χ1) is 22.8. The molecule has 1 N–H and O–H groups in total. The molecule has 0 aliphatic heterocycles. The molecule has 0 fully saturated rings. The van der Waals surface area contributed by atoms with Gasteiger partial charge in [-0.1, -0.05) is 111 Å². The Morgan fingerprint density at radius 1 is 0.878 bits per heavy atom. The van der Waals surface area contributed by atoms with Crippen molar-refractivity contribution >= 4 is 38.5 Å². The normalized spacial score (nSPS) is 15.2. The summed E-state index contributed by atoms with van der Waals surface area (Å²) >= 11 is 0. The fraction of sp³-hybridized carbons (Fsp3) is 0.455. The fourth-order valence-electron chi connectivity index (χ4n) is 8.13. The molecule has 3 aromatic carbocycles. The molecule has 5 aromatic rings. The van der Waals surface area contributed by atoms with Gasteiger partial charge in [0.25, 0.3) is 0 Å². The van der Waals surface area contributed by atoms with Gasteiger partial charge in [0, 0.05) is 66.2 Å². The number of hydrogen-bond donors (Lipinski definition) is 1. The van der Waals surface area contributed by atoms with E-state index in [0.717, 1.165) is 65.3 Å². The first kappa shape index (κ1) is 38.5. The maximum absolute atomic E-state index is 11.7. The first-order valence-electron chi connectivity index (χ1n) is 18.0. The molecule has 0 saturated heterocycles. The number of aromatic nitrogens is 1. The summed E-state index contributed by atoms with van der Waals surface area (Å²) in [5.41, 5.74) is 8.06. The van der Waals surface area contributed by atoms with Gasteiger partial charge < -0.3 is 9.52 Å². The number of rotatable bonds is 9. The summed E-state index contributed by atoms with van der Waals surface area (Å²) in [7, 11) is 0. The van der Waals surface area contributed by atoms with Crippen molar-refractivity contribution in [2.45, 2.75) is 118 Å². The van der Waals surface area contributed by atoms with E-state index >= 15 is 0 Å². The van der Waals surface area contributed by atoms with E-state index in [9.17, 15) is 9.90 Å². The van der Waals surface area contributed by atoms with E-state index in [1.807, 2.05) is 33.9 Å². The molecule has 2 aromatic heterocycles. The van der Waals surface area contributed by atoms with Crippen molar-refractivity contribution in [3.8, 4) is 11.3 Å².